The molecule has 0 saturated heterocycles. The van der Waals surface area contributed by atoms with Crippen molar-refractivity contribution in [2.45, 2.75) is 32.4 Å². The summed E-state index contributed by atoms with van der Waals surface area (Å²) in [5.41, 5.74) is 8.05. The Bertz CT molecular complexity index is 1400. The van der Waals surface area contributed by atoms with Gasteiger partial charge >= 0.3 is 5.97 Å². The van der Waals surface area contributed by atoms with Crippen molar-refractivity contribution in [1.29, 1.82) is 0 Å². The Hall–Kier alpha value is -4.84. The molecule has 4 rings (SSSR count). The first-order valence-electron chi connectivity index (χ1n) is 12.2. The number of aromatic nitrogens is 1. The summed E-state index contributed by atoms with van der Waals surface area (Å²) in [5, 5.41) is 9.28. The van der Waals surface area contributed by atoms with Crippen molar-refractivity contribution in [3.8, 4) is 17.6 Å². The second kappa shape index (κ2) is 11.9. The Kier molecular flexibility index (Phi) is 8.23. The monoisotopic (exact) mass is 512 g/mol. The van der Waals surface area contributed by atoms with Crippen molar-refractivity contribution in [3.05, 3.63) is 83.6 Å². The third-order valence-corrected chi connectivity index (χ3v) is 6.09. The van der Waals surface area contributed by atoms with E-state index in [0.29, 0.717) is 41.4 Å². The molecule has 9 heteroatoms. The van der Waals surface area contributed by atoms with Gasteiger partial charge in [0.2, 0.25) is 5.91 Å². The van der Waals surface area contributed by atoms with Gasteiger partial charge in [0, 0.05) is 24.2 Å². The van der Waals surface area contributed by atoms with E-state index in [1.54, 1.807) is 48.4 Å². The van der Waals surface area contributed by atoms with Crippen LogP contribution < -0.4 is 15.4 Å². The number of nitrogen functional groups attached to an aromatic ring is 1. The summed E-state index contributed by atoms with van der Waals surface area (Å²) in [6.45, 7) is 2.00. The van der Waals surface area contributed by atoms with Crippen LogP contribution in [0.4, 0.5) is 11.5 Å². The van der Waals surface area contributed by atoms with Crippen molar-refractivity contribution in [2.24, 2.45) is 0 Å². The Morgan fingerprint density at radius 2 is 1.95 bits per heavy atom. The van der Waals surface area contributed by atoms with Gasteiger partial charge in [-0.1, -0.05) is 42.2 Å². The molecule has 0 radical (unpaired) electrons. The molecule has 0 bridgehead atoms. The first-order chi connectivity index (χ1) is 18.3. The van der Waals surface area contributed by atoms with Crippen molar-refractivity contribution in [2.75, 3.05) is 23.8 Å². The van der Waals surface area contributed by atoms with Gasteiger partial charge in [-0.2, -0.15) is 0 Å². The number of anilines is 2. The number of benzene rings is 2. The van der Waals surface area contributed by atoms with Crippen LogP contribution in [0.25, 0.3) is 0 Å². The van der Waals surface area contributed by atoms with Gasteiger partial charge < -0.3 is 25.4 Å². The van der Waals surface area contributed by atoms with E-state index in [1.807, 2.05) is 30.3 Å². The third-order valence-electron chi connectivity index (χ3n) is 6.09. The number of hydrogen-bond donors (Lipinski definition) is 2. The van der Waals surface area contributed by atoms with Gasteiger partial charge in [-0.15, -0.1) is 0 Å². The fourth-order valence-corrected chi connectivity index (χ4v) is 4.17. The highest BCUT2D eigenvalue weighted by atomic mass is 16.5. The normalized spacial score (nSPS) is 13.7. The quantitative estimate of drug-likeness (QED) is 0.350. The first-order valence-corrected chi connectivity index (χ1v) is 12.2. The fraction of sp³-hybridized carbons (Fsp3) is 0.241. The number of carboxylic acid groups (broad SMARTS) is 1. The lowest BCUT2D eigenvalue weighted by atomic mass is 10.1. The molecule has 0 aliphatic carbocycles. The Morgan fingerprint density at radius 1 is 1.16 bits per heavy atom. The fourth-order valence-electron chi connectivity index (χ4n) is 4.17. The lowest BCUT2D eigenvalue weighted by molar-refractivity contribution is -0.138. The van der Waals surface area contributed by atoms with Gasteiger partial charge in [-0.3, -0.25) is 14.4 Å². The lowest BCUT2D eigenvalue weighted by Gasteiger charge is -2.26. The maximum absolute atomic E-state index is 13.6. The van der Waals surface area contributed by atoms with Crippen LogP contribution in [0.2, 0.25) is 0 Å². The average molecular weight is 513 g/mol. The molecule has 1 atom stereocenters. The van der Waals surface area contributed by atoms with E-state index in [-0.39, 0.29) is 25.4 Å². The molecule has 2 amide bonds. The summed E-state index contributed by atoms with van der Waals surface area (Å²) in [6, 6.07) is 17.4. The number of ether oxygens (including phenoxy) is 1. The molecule has 9 nitrogen and oxygen atoms in total. The molecular weight excluding hydrogens is 484 g/mol. The predicted molar refractivity (Wildman–Crippen MR) is 142 cm³/mol. The van der Waals surface area contributed by atoms with Crippen molar-refractivity contribution in [3.63, 3.8) is 0 Å². The molecule has 2 aromatic carbocycles. The Morgan fingerprint density at radius 3 is 2.68 bits per heavy atom. The smallest absolute Gasteiger partial charge is 0.305 e. The van der Waals surface area contributed by atoms with E-state index < -0.39 is 17.9 Å². The highest BCUT2D eigenvalue weighted by Gasteiger charge is 2.34. The van der Waals surface area contributed by atoms with E-state index in [9.17, 15) is 19.5 Å². The number of fused-ring (bicyclic) bond motifs is 1. The number of carboxylic acids is 1. The zero-order chi connectivity index (χ0) is 27.1. The largest absolute Gasteiger partial charge is 0.489 e. The summed E-state index contributed by atoms with van der Waals surface area (Å²) >= 11 is 0. The zero-order valence-electron chi connectivity index (χ0n) is 21.0. The van der Waals surface area contributed by atoms with E-state index in [2.05, 4.69) is 16.8 Å². The maximum atomic E-state index is 13.6. The molecule has 1 aliphatic heterocycles. The number of pyridine rings is 1. The predicted octanol–water partition coefficient (Wildman–Crippen LogP) is 3.34. The maximum Gasteiger partial charge on any atom is 0.305 e. The van der Waals surface area contributed by atoms with Gasteiger partial charge in [-0.25, -0.2) is 4.98 Å². The summed E-state index contributed by atoms with van der Waals surface area (Å²) in [4.78, 5) is 45.1. The summed E-state index contributed by atoms with van der Waals surface area (Å²) < 4.78 is 5.61. The Balaban J connectivity index is 1.59. The van der Waals surface area contributed by atoms with Crippen molar-refractivity contribution in [1.82, 2.24) is 9.88 Å². The molecule has 0 saturated carbocycles. The van der Waals surface area contributed by atoms with Crippen LogP contribution in [0.3, 0.4) is 0 Å². The van der Waals surface area contributed by atoms with Crippen LogP contribution in [0.5, 0.6) is 5.75 Å². The molecule has 194 valence electrons. The molecule has 1 unspecified atom stereocenters. The van der Waals surface area contributed by atoms with Crippen LogP contribution in [0.15, 0.2) is 66.9 Å². The molecule has 1 aromatic heterocycles. The number of rotatable bonds is 8. The average Bonchev–Trinajstić information content (AvgIpc) is 3.00. The molecule has 2 heterocycles. The first kappa shape index (κ1) is 26.2. The van der Waals surface area contributed by atoms with Gasteiger partial charge in [0.25, 0.3) is 5.91 Å². The highest BCUT2D eigenvalue weighted by molar-refractivity contribution is 6.10. The second-order valence-electron chi connectivity index (χ2n) is 8.86. The zero-order valence-corrected chi connectivity index (χ0v) is 21.0. The minimum Gasteiger partial charge on any atom is -0.489 e. The van der Waals surface area contributed by atoms with E-state index in [0.717, 1.165) is 5.56 Å². The molecule has 3 aromatic rings. The van der Waals surface area contributed by atoms with Crippen LogP contribution in [-0.2, 0) is 16.1 Å². The van der Waals surface area contributed by atoms with E-state index in [1.165, 1.54) is 4.90 Å². The lowest BCUT2D eigenvalue weighted by Crippen LogP contribution is -2.44. The van der Waals surface area contributed by atoms with E-state index in [4.69, 9.17) is 10.5 Å². The number of carbonyl (C=O) groups excluding carboxylic acids is 2. The summed E-state index contributed by atoms with van der Waals surface area (Å²) in [7, 11) is 0. The summed E-state index contributed by atoms with van der Waals surface area (Å²) in [6.07, 6.45) is 1.73. The number of amides is 2. The van der Waals surface area contributed by atoms with Crippen LogP contribution in [0, 0.1) is 11.8 Å². The number of hydrogen-bond acceptors (Lipinski definition) is 6. The van der Waals surface area contributed by atoms with Crippen molar-refractivity contribution < 1.29 is 24.2 Å². The second-order valence-corrected chi connectivity index (χ2v) is 8.86. The SMILES string of the molecule is CC(CC(=O)O)N1CC(=O)N(Cc2ccccc2)c2ccc(C#CCCOc3cccnc3N)cc2C1=O. The van der Waals surface area contributed by atoms with E-state index >= 15 is 0 Å². The number of carbonyl (C=O) groups is 3. The molecule has 1 aliphatic rings. The molecule has 0 fully saturated rings. The highest BCUT2D eigenvalue weighted by Crippen LogP contribution is 2.29. The van der Waals surface area contributed by atoms with Gasteiger partial charge in [0.05, 0.1) is 30.8 Å². The number of nitrogens with zero attached hydrogens (tertiary/aromatic N) is 3. The van der Waals surface area contributed by atoms with Crippen LogP contribution in [-0.4, -0.2) is 52.0 Å². The molecule has 3 N–H and O–H groups in total. The molecular formula is C29H28N4O5. The van der Waals surface area contributed by atoms with Gasteiger partial charge in [0.1, 0.15) is 6.54 Å². The topological polar surface area (TPSA) is 126 Å². The van der Waals surface area contributed by atoms with Gasteiger partial charge in [-0.05, 0) is 42.8 Å². The summed E-state index contributed by atoms with van der Waals surface area (Å²) in [5.74, 6) is 5.13. The molecule has 0 spiro atoms. The minimum atomic E-state index is -1.04. The standard InChI is InChI=1S/C29H28N4O5/c1-20(16-27(35)36)32-19-26(34)33(18-22-9-3-2-4-10-22)24-13-12-21(17-23(24)29(32)37)8-5-6-15-38-25-11-7-14-31-28(25)30/h2-4,7,9-14,17,20H,6,15-16,18-19H2,1H3,(H2,30,31)(H,35,36). The van der Waals surface area contributed by atoms with Crippen LogP contribution >= 0.6 is 0 Å². The Labute approximate surface area is 220 Å². The number of nitrogens with two attached hydrogens (primary N) is 1. The minimum absolute atomic E-state index is 0.218. The van der Waals surface area contributed by atoms with Crippen LogP contribution in [0.1, 0.15) is 41.3 Å². The third kappa shape index (κ3) is 6.28. The molecule has 38 heavy (non-hydrogen) atoms. The van der Waals surface area contributed by atoms with Crippen molar-refractivity contribution >= 4 is 29.3 Å². The van der Waals surface area contributed by atoms with Gasteiger partial charge in [0.15, 0.2) is 11.6 Å². The number of aliphatic carboxylic acids is 1.